The van der Waals surface area contributed by atoms with Crippen LogP contribution in [0.5, 0.6) is 0 Å². The van der Waals surface area contributed by atoms with Crippen molar-refractivity contribution in [1.29, 1.82) is 0 Å². The SMILES string of the molecule is CC1(C)N=[N+](c2c(Cl)cc(Cl)cc2Cl)[C@@H]2[C@H]3CC[C@H](C3)[C@@H]21.[Cl][Sb-]([Cl])([Cl])([Cl])([Cl])[Cl]. The molecule has 0 spiro atoms. The summed E-state index contributed by atoms with van der Waals surface area (Å²) in [7, 11) is 25.0. The number of benzene rings is 1. The molecule has 2 bridgehead atoms. The molecule has 2 nitrogen and oxygen atoms in total. The molecule has 1 heterocycles. The zero-order chi connectivity index (χ0) is 21.3. The van der Waals surface area contributed by atoms with Gasteiger partial charge < -0.3 is 0 Å². The number of hydrogen-bond donors (Lipinski definition) is 0. The van der Waals surface area contributed by atoms with E-state index in [0.717, 1.165) is 11.6 Å². The molecule has 2 fully saturated rings. The number of nitrogens with zero attached hydrogens (tertiary/aromatic N) is 2. The molecule has 28 heavy (non-hydrogen) atoms. The van der Waals surface area contributed by atoms with Crippen LogP contribution in [0.1, 0.15) is 33.1 Å². The van der Waals surface area contributed by atoms with Crippen LogP contribution in [0.3, 0.4) is 0 Å². The fourth-order valence-corrected chi connectivity index (χ4v) is 5.96. The van der Waals surface area contributed by atoms with Gasteiger partial charge in [0, 0.05) is 10.9 Å². The first-order valence-corrected chi connectivity index (χ1v) is 29.1. The van der Waals surface area contributed by atoms with E-state index in [9.17, 15) is 0 Å². The van der Waals surface area contributed by atoms with Crippen molar-refractivity contribution >= 4 is 103 Å². The molecule has 160 valence electrons. The second kappa shape index (κ2) is 7.38. The Hall–Kier alpha value is 2.25. The first-order chi connectivity index (χ1) is 12.3. The Morgan fingerprint density at radius 3 is 1.89 bits per heavy atom. The molecule has 4 rings (SSSR count). The quantitative estimate of drug-likeness (QED) is 0.208. The van der Waals surface area contributed by atoms with E-state index in [0.29, 0.717) is 32.9 Å². The van der Waals surface area contributed by atoms with Gasteiger partial charge in [0.1, 0.15) is 15.6 Å². The number of fused-ring (bicyclic) bond motifs is 5. The topological polar surface area (TPSA) is 15.4 Å². The molecule has 1 aromatic carbocycles. The fraction of sp³-hybridized carbons (Fsp3) is 0.625. The van der Waals surface area contributed by atoms with Crippen molar-refractivity contribution in [2.75, 3.05) is 0 Å². The minimum absolute atomic E-state index is 0.0448. The predicted octanol–water partition coefficient (Wildman–Crippen LogP) is 9.71. The van der Waals surface area contributed by atoms with Crippen molar-refractivity contribution < 1.29 is 4.70 Å². The van der Waals surface area contributed by atoms with Crippen LogP contribution < -0.4 is 0 Å². The van der Waals surface area contributed by atoms with Gasteiger partial charge >= 0.3 is 62.1 Å². The molecule has 0 N–H and O–H groups in total. The fourth-order valence-electron chi connectivity index (χ4n) is 4.97. The van der Waals surface area contributed by atoms with Crippen LogP contribution in [0.4, 0.5) is 5.69 Å². The van der Waals surface area contributed by atoms with Crippen molar-refractivity contribution in [2.24, 2.45) is 22.9 Å². The van der Waals surface area contributed by atoms with E-state index in [1.54, 1.807) is 12.1 Å². The Kier molecular flexibility index (Phi) is 6.56. The van der Waals surface area contributed by atoms with Crippen LogP contribution in [-0.4, -0.2) is 25.4 Å². The molecular weight excluding hydrogens is 661 g/mol. The summed E-state index contributed by atoms with van der Waals surface area (Å²) in [5.41, 5.74) is 0.785. The van der Waals surface area contributed by atoms with Crippen LogP contribution in [0.25, 0.3) is 0 Å². The zero-order valence-electron chi connectivity index (χ0n) is 14.8. The number of azo groups is 2. The second-order valence-electron chi connectivity index (χ2n) is 8.12. The van der Waals surface area contributed by atoms with Crippen LogP contribution in [-0.2, 0) is 0 Å². The molecule has 0 unspecified atom stereocenters. The van der Waals surface area contributed by atoms with Gasteiger partial charge in [-0.05, 0) is 56.3 Å². The maximum atomic E-state index is 6.43. The van der Waals surface area contributed by atoms with Crippen LogP contribution in [0.15, 0.2) is 17.2 Å². The van der Waals surface area contributed by atoms with Crippen molar-refractivity contribution in [3.63, 3.8) is 0 Å². The first-order valence-electron chi connectivity index (χ1n) is 8.56. The maximum absolute atomic E-state index is 6.43. The Morgan fingerprint density at radius 1 is 0.929 bits per heavy atom. The molecule has 4 atom stereocenters. The Labute approximate surface area is 199 Å². The average molecular weight is 679 g/mol. The summed E-state index contributed by atoms with van der Waals surface area (Å²) in [6.45, 7) is 4.48. The van der Waals surface area contributed by atoms with Gasteiger partial charge in [-0.2, -0.15) is 0 Å². The normalized spacial score (nSPS) is 32.8. The number of hydrogen-bond acceptors (Lipinski definition) is 1. The summed E-state index contributed by atoms with van der Waals surface area (Å²) >= 11 is 18.9. The minimum atomic E-state index is -5.42. The summed E-state index contributed by atoms with van der Waals surface area (Å²) in [4.78, 5) is 0. The summed E-state index contributed by atoms with van der Waals surface area (Å²) in [6, 6.07) is 3.95. The Bertz CT molecular complexity index is 813. The molecule has 2 saturated carbocycles. The van der Waals surface area contributed by atoms with Gasteiger partial charge in [-0.1, -0.05) is 39.5 Å². The third-order valence-electron chi connectivity index (χ3n) is 5.55. The van der Waals surface area contributed by atoms with Gasteiger partial charge in [0.15, 0.2) is 6.04 Å². The van der Waals surface area contributed by atoms with Gasteiger partial charge in [0.05, 0.1) is 5.92 Å². The summed E-state index contributed by atoms with van der Waals surface area (Å²) in [5, 5.41) is 6.74. The summed E-state index contributed by atoms with van der Waals surface area (Å²) in [6.07, 6.45) is 3.98. The third-order valence-corrected chi connectivity index (χ3v) is 6.34. The van der Waals surface area contributed by atoms with Crippen LogP contribution >= 0.6 is 87.8 Å². The van der Waals surface area contributed by atoms with Crippen LogP contribution in [0.2, 0.25) is 15.1 Å². The second-order valence-corrected chi connectivity index (χ2v) is 66.3. The van der Waals surface area contributed by atoms with Gasteiger partial charge in [-0.15, -0.1) is 0 Å². The number of rotatable bonds is 1. The van der Waals surface area contributed by atoms with Gasteiger partial charge in [-0.25, -0.2) is 0 Å². The van der Waals surface area contributed by atoms with Crippen LogP contribution in [0, 0.1) is 17.8 Å². The average Bonchev–Trinajstić information content (AvgIpc) is 3.07. The van der Waals surface area contributed by atoms with E-state index in [1.165, 1.54) is 19.3 Å². The zero-order valence-corrected chi connectivity index (χ0v) is 24.2. The van der Waals surface area contributed by atoms with E-state index >= 15 is 0 Å². The van der Waals surface area contributed by atoms with Crippen molar-refractivity contribution in [1.82, 2.24) is 0 Å². The van der Waals surface area contributed by atoms with Gasteiger partial charge in [0.25, 0.3) is 5.69 Å². The molecule has 1 aromatic rings. The van der Waals surface area contributed by atoms with Gasteiger partial charge in [-0.3, -0.25) is 0 Å². The monoisotopic (exact) mass is 674 g/mol. The Morgan fingerprint density at radius 2 is 1.39 bits per heavy atom. The standard InChI is InChI=1S/C16H18Cl3N2.6ClH.Sb/c1-16(2)13-8-3-4-9(5-8)14(13)21(20-16)15-11(18)6-10(17)7-12(15)19;;;;;;;/h6-9,13-14H,3-5H2,1-2H3;6*1H;/q+1;;;;;;;+5/p-6/t8-,9+,13+,14-;;;;;;;/m1......./s1. The molecule has 12 heteroatoms. The molecule has 3 aliphatic rings. The molecule has 0 saturated heterocycles. The Balaban J connectivity index is 0.000000279. The summed E-state index contributed by atoms with van der Waals surface area (Å²) < 4.78 is 2.12. The van der Waals surface area contributed by atoms with Gasteiger partial charge in [0.2, 0.25) is 0 Å². The molecule has 0 radical (unpaired) electrons. The molecule has 2 aliphatic carbocycles. The summed E-state index contributed by atoms with van der Waals surface area (Å²) in [5.74, 6) is 2.13. The molecule has 0 amide bonds. The van der Waals surface area contributed by atoms with Crippen molar-refractivity contribution in [3.05, 3.63) is 27.2 Å². The van der Waals surface area contributed by atoms with E-state index in [4.69, 9.17) is 92.9 Å². The predicted molar refractivity (Wildman–Crippen MR) is 127 cm³/mol. The number of halogens is 9. The first kappa shape index (κ1) is 24.9. The van der Waals surface area contributed by atoms with E-state index in [1.807, 2.05) is 0 Å². The molecule has 0 aromatic heterocycles. The molecular formula is C16H18Cl9N2Sb. The molecule has 1 aliphatic heterocycles. The van der Waals surface area contributed by atoms with Crippen molar-refractivity contribution in [2.45, 2.75) is 44.7 Å². The third kappa shape index (κ3) is 6.18. The van der Waals surface area contributed by atoms with E-state index in [2.05, 4.69) is 18.5 Å². The van der Waals surface area contributed by atoms with E-state index < -0.39 is 9.14 Å². The van der Waals surface area contributed by atoms with Crippen molar-refractivity contribution in [3.8, 4) is 0 Å². The van der Waals surface area contributed by atoms with E-state index in [-0.39, 0.29) is 5.54 Å².